The number of aryl methyl sites for hydroxylation is 1. The van der Waals surface area contributed by atoms with Gasteiger partial charge in [0.25, 0.3) is 0 Å². The molecule has 0 amide bonds. The van der Waals surface area contributed by atoms with Gasteiger partial charge < -0.3 is 11.1 Å². The number of hydrogen-bond acceptors (Lipinski definition) is 3. The van der Waals surface area contributed by atoms with Crippen LogP contribution >= 0.6 is 11.3 Å². The predicted octanol–water partition coefficient (Wildman–Crippen LogP) is 3.83. The van der Waals surface area contributed by atoms with Crippen LogP contribution in [0.3, 0.4) is 0 Å². The Morgan fingerprint density at radius 2 is 1.89 bits per heavy atom. The lowest BCUT2D eigenvalue weighted by Gasteiger charge is -2.26. The molecule has 102 valence electrons. The van der Waals surface area contributed by atoms with E-state index in [2.05, 4.69) is 49.5 Å². The Hall–Kier alpha value is -1.32. The first-order chi connectivity index (χ1) is 9.07. The summed E-state index contributed by atoms with van der Waals surface area (Å²) in [6, 6.07) is 12.6. The topological polar surface area (TPSA) is 38.0 Å². The van der Waals surface area contributed by atoms with Crippen LogP contribution in [-0.4, -0.2) is 5.54 Å². The van der Waals surface area contributed by atoms with Gasteiger partial charge in [-0.2, -0.15) is 0 Å². The summed E-state index contributed by atoms with van der Waals surface area (Å²) in [6.45, 7) is 5.35. The van der Waals surface area contributed by atoms with Gasteiger partial charge in [0.15, 0.2) is 0 Å². The SMILES string of the molecule is CC(C)(CCc1ccccc1)NCc1sccc1N. The molecule has 0 saturated heterocycles. The highest BCUT2D eigenvalue weighted by Crippen LogP contribution is 2.20. The molecule has 2 aromatic rings. The molecule has 3 heteroatoms. The standard InChI is InChI=1S/C16H22N2S/c1-16(2,10-8-13-6-4-3-5-7-13)18-12-15-14(17)9-11-19-15/h3-7,9,11,18H,8,10,12,17H2,1-2H3. The maximum atomic E-state index is 5.91. The summed E-state index contributed by atoms with van der Waals surface area (Å²) in [4.78, 5) is 1.23. The molecule has 0 fully saturated rings. The monoisotopic (exact) mass is 274 g/mol. The molecule has 19 heavy (non-hydrogen) atoms. The van der Waals surface area contributed by atoms with Crippen molar-refractivity contribution in [3.8, 4) is 0 Å². The van der Waals surface area contributed by atoms with E-state index < -0.39 is 0 Å². The molecule has 0 saturated carbocycles. The van der Waals surface area contributed by atoms with Crippen LogP contribution in [0.15, 0.2) is 41.8 Å². The zero-order valence-corrected chi connectivity index (χ0v) is 12.5. The molecule has 0 aliphatic rings. The maximum Gasteiger partial charge on any atom is 0.0468 e. The van der Waals surface area contributed by atoms with Crippen molar-refractivity contribution in [2.24, 2.45) is 0 Å². The molecule has 0 unspecified atom stereocenters. The van der Waals surface area contributed by atoms with E-state index in [0.29, 0.717) is 0 Å². The van der Waals surface area contributed by atoms with Gasteiger partial charge in [0, 0.05) is 22.6 Å². The number of nitrogen functional groups attached to an aromatic ring is 1. The molecule has 3 N–H and O–H groups in total. The first-order valence-electron chi connectivity index (χ1n) is 6.68. The van der Waals surface area contributed by atoms with Crippen molar-refractivity contribution in [2.45, 2.75) is 38.8 Å². The summed E-state index contributed by atoms with van der Waals surface area (Å²) in [7, 11) is 0. The van der Waals surface area contributed by atoms with E-state index in [1.165, 1.54) is 10.4 Å². The molecular formula is C16H22N2S. The van der Waals surface area contributed by atoms with Crippen LogP contribution in [-0.2, 0) is 13.0 Å². The van der Waals surface area contributed by atoms with Crippen LogP contribution in [0.25, 0.3) is 0 Å². The minimum absolute atomic E-state index is 0.117. The zero-order chi connectivity index (χ0) is 13.7. The van der Waals surface area contributed by atoms with Crippen molar-refractivity contribution < 1.29 is 0 Å². The van der Waals surface area contributed by atoms with Gasteiger partial charge in [0.05, 0.1) is 0 Å². The molecule has 1 aromatic carbocycles. The summed E-state index contributed by atoms with van der Waals surface area (Å²) in [6.07, 6.45) is 2.21. The summed E-state index contributed by atoms with van der Waals surface area (Å²) in [5.74, 6) is 0. The normalized spacial score (nSPS) is 11.7. The van der Waals surface area contributed by atoms with Gasteiger partial charge in [0.1, 0.15) is 0 Å². The summed E-state index contributed by atoms with van der Waals surface area (Å²) >= 11 is 1.72. The quantitative estimate of drug-likeness (QED) is 0.840. The van der Waals surface area contributed by atoms with Gasteiger partial charge in [-0.25, -0.2) is 0 Å². The third-order valence-electron chi connectivity index (χ3n) is 3.39. The lowest BCUT2D eigenvalue weighted by atomic mass is 9.95. The second-order valence-electron chi connectivity index (χ2n) is 5.52. The van der Waals surface area contributed by atoms with Crippen molar-refractivity contribution in [1.82, 2.24) is 5.32 Å². The Labute approximate surface area is 119 Å². The highest BCUT2D eigenvalue weighted by Gasteiger charge is 2.17. The van der Waals surface area contributed by atoms with E-state index in [-0.39, 0.29) is 5.54 Å². The van der Waals surface area contributed by atoms with Crippen LogP contribution in [0.5, 0.6) is 0 Å². The van der Waals surface area contributed by atoms with E-state index in [1.54, 1.807) is 11.3 Å². The first-order valence-corrected chi connectivity index (χ1v) is 7.56. The lowest BCUT2D eigenvalue weighted by molar-refractivity contribution is 0.362. The lowest BCUT2D eigenvalue weighted by Crippen LogP contribution is -2.39. The first kappa shape index (κ1) is 14.1. The average Bonchev–Trinajstić information content (AvgIpc) is 2.81. The predicted molar refractivity (Wildman–Crippen MR) is 84.4 cm³/mol. The van der Waals surface area contributed by atoms with Crippen molar-refractivity contribution in [3.05, 3.63) is 52.2 Å². The Morgan fingerprint density at radius 3 is 2.53 bits per heavy atom. The number of rotatable bonds is 6. The molecular weight excluding hydrogens is 252 g/mol. The Kier molecular flexibility index (Phi) is 4.61. The fraction of sp³-hybridized carbons (Fsp3) is 0.375. The Bertz CT molecular complexity index is 502. The van der Waals surface area contributed by atoms with Crippen LogP contribution in [0.2, 0.25) is 0 Å². The number of benzene rings is 1. The van der Waals surface area contributed by atoms with Gasteiger partial charge in [-0.15, -0.1) is 11.3 Å². The molecule has 0 atom stereocenters. The van der Waals surface area contributed by atoms with Crippen molar-refractivity contribution in [1.29, 1.82) is 0 Å². The molecule has 0 aliphatic carbocycles. The summed E-state index contributed by atoms with van der Waals surface area (Å²) in [5.41, 5.74) is 8.32. The molecule has 1 heterocycles. The Balaban J connectivity index is 1.83. The van der Waals surface area contributed by atoms with E-state index in [1.807, 2.05) is 11.4 Å². The number of nitrogens with one attached hydrogen (secondary N) is 1. The van der Waals surface area contributed by atoms with Crippen molar-refractivity contribution in [2.75, 3.05) is 5.73 Å². The molecule has 0 bridgehead atoms. The smallest absolute Gasteiger partial charge is 0.0468 e. The highest BCUT2D eigenvalue weighted by molar-refractivity contribution is 7.10. The largest absolute Gasteiger partial charge is 0.398 e. The van der Waals surface area contributed by atoms with E-state index >= 15 is 0 Å². The third-order valence-corrected chi connectivity index (χ3v) is 4.33. The molecule has 0 aliphatic heterocycles. The van der Waals surface area contributed by atoms with E-state index in [9.17, 15) is 0 Å². The second kappa shape index (κ2) is 6.22. The minimum atomic E-state index is 0.117. The van der Waals surface area contributed by atoms with Crippen LogP contribution in [0.1, 0.15) is 30.7 Å². The molecule has 2 nitrogen and oxygen atoms in total. The van der Waals surface area contributed by atoms with Crippen LogP contribution in [0, 0.1) is 0 Å². The molecule has 2 rings (SSSR count). The second-order valence-corrected chi connectivity index (χ2v) is 6.52. The zero-order valence-electron chi connectivity index (χ0n) is 11.6. The molecule has 0 radical (unpaired) electrons. The van der Waals surface area contributed by atoms with Gasteiger partial charge in [-0.3, -0.25) is 0 Å². The number of nitrogens with two attached hydrogens (primary N) is 1. The third kappa shape index (κ3) is 4.37. The van der Waals surface area contributed by atoms with Crippen LogP contribution in [0.4, 0.5) is 5.69 Å². The van der Waals surface area contributed by atoms with Crippen molar-refractivity contribution >= 4 is 17.0 Å². The van der Waals surface area contributed by atoms with Gasteiger partial charge in [0.2, 0.25) is 0 Å². The Morgan fingerprint density at radius 1 is 1.16 bits per heavy atom. The fourth-order valence-electron chi connectivity index (χ4n) is 2.00. The van der Waals surface area contributed by atoms with E-state index in [4.69, 9.17) is 5.73 Å². The van der Waals surface area contributed by atoms with Gasteiger partial charge in [-0.1, -0.05) is 30.3 Å². The van der Waals surface area contributed by atoms with Crippen molar-refractivity contribution in [3.63, 3.8) is 0 Å². The number of anilines is 1. The molecule has 1 aromatic heterocycles. The fourth-order valence-corrected chi connectivity index (χ4v) is 2.74. The minimum Gasteiger partial charge on any atom is -0.398 e. The van der Waals surface area contributed by atoms with Gasteiger partial charge in [-0.05, 0) is 43.7 Å². The van der Waals surface area contributed by atoms with Crippen LogP contribution < -0.4 is 11.1 Å². The van der Waals surface area contributed by atoms with E-state index in [0.717, 1.165) is 25.1 Å². The maximum absolute atomic E-state index is 5.91. The summed E-state index contributed by atoms with van der Waals surface area (Å²) in [5, 5.41) is 5.65. The average molecular weight is 274 g/mol. The number of hydrogen-bond donors (Lipinski definition) is 2. The summed E-state index contributed by atoms with van der Waals surface area (Å²) < 4.78 is 0. The highest BCUT2D eigenvalue weighted by atomic mass is 32.1. The van der Waals surface area contributed by atoms with Gasteiger partial charge >= 0.3 is 0 Å². The number of thiophene rings is 1. The molecule has 0 spiro atoms.